The number of nitrogens with one attached hydrogen (secondary N) is 1. The fraction of sp³-hybridized carbons (Fsp3) is 0.526. The highest BCUT2D eigenvalue weighted by Crippen LogP contribution is 2.31. The Morgan fingerprint density at radius 3 is 2.80 bits per heavy atom. The summed E-state index contributed by atoms with van der Waals surface area (Å²) in [5.74, 6) is -0.319. The van der Waals surface area contributed by atoms with E-state index in [1.54, 1.807) is 9.80 Å². The van der Waals surface area contributed by atoms with E-state index in [9.17, 15) is 14.4 Å². The summed E-state index contributed by atoms with van der Waals surface area (Å²) in [6, 6.07) is 6.23. The molecule has 2 aliphatic heterocycles. The number of hydrogen-bond donors (Lipinski definition) is 1. The highest BCUT2D eigenvalue weighted by atomic mass is 16.2. The molecule has 1 atom stereocenters. The number of rotatable bonds is 2. The summed E-state index contributed by atoms with van der Waals surface area (Å²) < 4.78 is 0. The third-order valence-corrected chi connectivity index (χ3v) is 5.49. The second kappa shape index (κ2) is 6.50. The Morgan fingerprint density at radius 2 is 1.92 bits per heavy atom. The van der Waals surface area contributed by atoms with Crippen molar-refractivity contribution in [3.8, 4) is 0 Å². The summed E-state index contributed by atoms with van der Waals surface area (Å²) in [6.45, 7) is 1.89. The van der Waals surface area contributed by atoms with Gasteiger partial charge in [-0.05, 0) is 42.5 Å². The second-order valence-electron chi connectivity index (χ2n) is 7.14. The van der Waals surface area contributed by atoms with Crippen molar-refractivity contribution in [2.75, 3.05) is 31.1 Å². The minimum Gasteiger partial charge on any atom is -0.354 e. The molecule has 0 saturated carbocycles. The predicted octanol–water partition coefficient (Wildman–Crippen LogP) is 0.877. The molecule has 1 aliphatic carbocycles. The Morgan fingerprint density at radius 1 is 1.08 bits per heavy atom. The van der Waals surface area contributed by atoms with Gasteiger partial charge in [0.25, 0.3) is 0 Å². The predicted molar refractivity (Wildman–Crippen MR) is 93.1 cm³/mol. The number of fused-ring (bicyclic) bond motifs is 1. The number of anilines is 1. The van der Waals surface area contributed by atoms with Gasteiger partial charge in [-0.15, -0.1) is 0 Å². The summed E-state index contributed by atoms with van der Waals surface area (Å²) in [5, 5.41) is 2.78. The summed E-state index contributed by atoms with van der Waals surface area (Å²) in [5.41, 5.74) is 3.62. The van der Waals surface area contributed by atoms with E-state index in [1.807, 2.05) is 6.07 Å². The fourth-order valence-electron chi connectivity index (χ4n) is 4.09. The maximum atomic E-state index is 12.8. The Balaban J connectivity index is 1.46. The third kappa shape index (κ3) is 3.13. The van der Waals surface area contributed by atoms with Gasteiger partial charge in [0.15, 0.2) is 0 Å². The van der Waals surface area contributed by atoms with Gasteiger partial charge in [-0.25, -0.2) is 0 Å². The topological polar surface area (TPSA) is 69.7 Å². The zero-order chi connectivity index (χ0) is 17.4. The van der Waals surface area contributed by atoms with Crippen molar-refractivity contribution in [3.63, 3.8) is 0 Å². The molecule has 6 nitrogen and oxygen atoms in total. The molecule has 6 heteroatoms. The normalized spacial score (nSPS) is 23.4. The van der Waals surface area contributed by atoms with Crippen LogP contribution in [0.5, 0.6) is 0 Å². The fourth-order valence-corrected chi connectivity index (χ4v) is 4.09. The van der Waals surface area contributed by atoms with E-state index in [1.165, 1.54) is 17.5 Å². The molecule has 2 fully saturated rings. The lowest BCUT2D eigenvalue weighted by Gasteiger charge is -2.23. The standard InChI is InChI=1S/C19H23N3O3/c23-17-6-8-21(9-7-20-17)19(25)15-11-18(24)22(12-15)16-5-4-13-2-1-3-14(13)10-16/h4-5,10,15H,1-3,6-9,11-12H2,(H,20,23). The first-order chi connectivity index (χ1) is 12.1. The molecule has 1 N–H and O–H groups in total. The highest BCUT2D eigenvalue weighted by molar-refractivity contribution is 6.00. The Labute approximate surface area is 147 Å². The molecule has 3 amide bonds. The van der Waals surface area contributed by atoms with Gasteiger partial charge in [0.1, 0.15) is 0 Å². The minimum atomic E-state index is -0.311. The van der Waals surface area contributed by atoms with E-state index < -0.39 is 0 Å². The van der Waals surface area contributed by atoms with Crippen molar-refractivity contribution < 1.29 is 14.4 Å². The number of amides is 3. The molecule has 0 radical (unpaired) electrons. The Hall–Kier alpha value is -2.37. The second-order valence-corrected chi connectivity index (χ2v) is 7.14. The van der Waals surface area contributed by atoms with Gasteiger partial charge in [-0.1, -0.05) is 6.07 Å². The molecule has 2 saturated heterocycles. The van der Waals surface area contributed by atoms with E-state index in [2.05, 4.69) is 17.4 Å². The number of aryl methyl sites for hydroxylation is 2. The Kier molecular flexibility index (Phi) is 4.19. The van der Waals surface area contributed by atoms with Crippen LogP contribution in [0.1, 0.15) is 30.4 Å². The first kappa shape index (κ1) is 16.1. The average Bonchev–Trinajstić information content (AvgIpc) is 3.16. The summed E-state index contributed by atoms with van der Waals surface area (Å²) >= 11 is 0. The van der Waals surface area contributed by atoms with E-state index in [-0.39, 0.29) is 30.1 Å². The van der Waals surface area contributed by atoms with Crippen molar-refractivity contribution in [1.29, 1.82) is 0 Å². The van der Waals surface area contributed by atoms with Crippen LogP contribution in [0.4, 0.5) is 5.69 Å². The first-order valence-electron chi connectivity index (χ1n) is 9.09. The molecule has 0 aromatic heterocycles. The van der Waals surface area contributed by atoms with E-state index in [4.69, 9.17) is 0 Å². The van der Waals surface area contributed by atoms with Crippen LogP contribution in [0.25, 0.3) is 0 Å². The molecule has 0 spiro atoms. The van der Waals surface area contributed by atoms with Gasteiger partial charge < -0.3 is 15.1 Å². The summed E-state index contributed by atoms with van der Waals surface area (Å²) in [7, 11) is 0. The zero-order valence-corrected chi connectivity index (χ0v) is 14.3. The maximum Gasteiger partial charge on any atom is 0.228 e. The van der Waals surface area contributed by atoms with Crippen molar-refractivity contribution in [3.05, 3.63) is 29.3 Å². The molecule has 25 heavy (non-hydrogen) atoms. The van der Waals surface area contributed by atoms with Gasteiger partial charge in [0.05, 0.1) is 5.92 Å². The first-order valence-corrected chi connectivity index (χ1v) is 9.09. The molecule has 0 bridgehead atoms. The van der Waals surface area contributed by atoms with E-state index in [0.29, 0.717) is 32.6 Å². The minimum absolute atomic E-state index is 0.00601. The molecular formula is C19H23N3O3. The lowest BCUT2D eigenvalue weighted by molar-refractivity contribution is -0.135. The number of benzene rings is 1. The lowest BCUT2D eigenvalue weighted by Crippen LogP contribution is -2.39. The molecular weight excluding hydrogens is 318 g/mol. The van der Waals surface area contributed by atoms with Crippen LogP contribution in [0.15, 0.2) is 18.2 Å². The lowest BCUT2D eigenvalue weighted by atomic mass is 10.1. The number of carbonyl (C=O) groups excluding carboxylic acids is 3. The van der Waals surface area contributed by atoms with Gasteiger partial charge in [-0.2, -0.15) is 0 Å². The van der Waals surface area contributed by atoms with E-state index in [0.717, 1.165) is 18.5 Å². The summed E-state index contributed by atoms with van der Waals surface area (Å²) in [4.78, 5) is 40.2. The van der Waals surface area contributed by atoms with Crippen LogP contribution in [0, 0.1) is 5.92 Å². The molecule has 4 rings (SSSR count). The number of hydrogen-bond acceptors (Lipinski definition) is 3. The number of nitrogens with zero attached hydrogens (tertiary/aromatic N) is 2. The van der Waals surface area contributed by atoms with E-state index >= 15 is 0 Å². The zero-order valence-electron chi connectivity index (χ0n) is 14.3. The van der Waals surface area contributed by atoms with Gasteiger partial charge in [0, 0.05) is 44.7 Å². The SMILES string of the molecule is O=C1CCN(C(=O)C2CC(=O)N(c3ccc4c(c3)CCC4)C2)CCN1. The largest absolute Gasteiger partial charge is 0.354 e. The van der Waals surface area contributed by atoms with Crippen molar-refractivity contribution in [2.24, 2.45) is 5.92 Å². The molecule has 3 aliphatic rings. The number of carbonyl (C=O) groups is 3. The van der Waals surface area contributed by atoms with Crippen molar-refractivity contribution in [2.45, 2.75) is 32.1 Å². The molecule has 132 valence electrons. The maximum absolute atomic E-state index is 12.8. The van der Waals surface area contributed by atoms with Crippen LogP contribution in [-0.4, -0.2) is 48.8 Å². The van der Waals surface area contributed by atoms with Crippen LogP contribution >= 0.6 is 0 Å². The van der Waals surface area contributed by atoms with Crippen LogP contribution in [0.2, 0.25) is 0 Å². The quantitative estimate of drug-likeness (QED) is 0.868. The highest BCUT2D eigenvalue weighted by Gasteiger charge is 2.37. The molecule has 2 heterocycles. The van der Waals surface area contributed by atoms with Crippen LogP contribution in [-0.2, 0) is 27.2 Å². The Bertz CT molecular complexity index is 731. The van der Waals surface area contributed by atoms with Crippen LogP contribution < -0.4 is 10.2 Å². The smallest absolute Gasteiger partial charge is 0.228 e. The monoisotopic (exact) mass is 341 g/mol. The average molecular weight is 341 g/mol. The van der Waals surface area contributed by atoms with Gasteiger partial charge >= 0.3 is 0 Å². The van der Waals surface area contributed by atoms with Crippen molar-refractivity contribution >= 4 is 23.4 Å². The molecule has 1 aromatic rings. The third-order valence-electron chi connectivity index (χ3n) is 5.49. The van der Waals surface area contributed by atoms with Gasteiger partial charge in [0.2, 0.25) is 17.7 Å². The van der Waals surface area contributed by atoms with Gasteiger partial charge in [-0.3, -0.25) is 14.4 Å². The molecule has 1 aromatic carbocycles. The van der Waals surface area contributed by atoms with Crippen molar-refractivity contribution in [1.82, 2.24) is 10.2 Å². The van der Waals surface area contributed by atoms with Crippen LogP contribution in [0.3, 0.4) is 0 Å². The summed E-state index contributed by atoms with van der Waals surface area (Å²) in [6.07, 6.45) is 3.96. The molecule has 1 unspecified atom stereocenters.